The Bertz CT molecular complexity index is 469. The molecule has 1 atom stereocenters. The zero-order valence-electron chi connectivity index (χ0n) is 12.3. The van der Waals surface area contributed by atoms with Crippen LogP contribution in [0.2, 0.25) is 0 Å². The lowest BCUT2D eigenvalue weighted by molar-refractivity contribution is 0.397. The molecule has 0 heterocycles. The Kier molecular flexibility index (Phi) is 4.78. The lowest BCUT2D eigenvalue weighted by atomic mass is 9.87. The van der Waals surface area contributed by atoms with E-state index in [-0.39, 0.29) is 5.92 Å². The van der Waals surface area contributed by atoms with E-state index in [9.17, 15) is 5.26 Å². The molecule has 0 amide bonds. The van der Waals surface area contributed by atoms with E-state index in [0.717, 1.165) is 12.2 Å². The number of nitriles is 1. The van der Waals surface area contributed by atoms with Crippen LogP contribution >= 0.6 is 0 Å². The number of ether oxygens (including phenoxy) is 1. The summed E-state index contributed by atoms with van der Waals surface area (Å²) in [5.74, 6) is 1.36. The van der Waals surface area contributed by atoms with Crippen molar-refractivity contribution in [2.24, 2.45) is 11.8 Å². The first-order valence-corrected chi connectivity index (χ1v) is 6.45. The van der Waals surface area contributed by atoms with Crippen molar-refractivity contribution in [3.63, 3.8) is 0 Å². The Hall–Kier alpha value is -1.49. The lowest BCUT2D eigenvalue weighted by Gasteiger charge is -2.20. The fourth-order valence-electron chi connectivity index (χ4n) is 2.28. The fourth-order valence-corrected chi connectivity index (χ4v) is 2.28. The first-order chi connectivity index (χ1) is 8.42. The second-order valence-corrected chi connectivity index (χ2v) is 5.33. The predicted octanol–water partition coefficient (Wildman–Crippen LogP) is 3.96. The predicted molar refractivity (Wildman–Crippen MR) is 74.9 cm³/mol. The number of hydrogen-bond donors (Lipinski definition) is 0. The topological polar surface area (TPSA) is 33.0 Å². The summed E-state index contributed by atoms with van der Waals surface area (Å²) in [6, 6.07) is 4.59. The van der Waals surface area contributed by atoms with Gasteiger partial charge in [-0.25, -0.2) is 0 Å². The van der Waals surface area contributed by atoms with Crippen LogP contribution in [0.15, 0.2) is 6.07 Å². The molecule has 2 nitrogen and oxygen atoms in total. The Labute approximate surface area is 111 Å². The summed E-state index contributed by atoms with van der Waals surface area (Å²) in [4.78, 5) is 0. The Balaban J connectivity index is 3.24. The summed E-state index contributed by atoms with van der Waals surface area (Å²) < 4.78 is 5.55. The zero-order chi connectivity index (χ0) is 13.9. The van der Waals surface area contributed by atoms with Gasteiger partial charge in [-0.1, -0.05) is 19.9 Å². The maximum Gasteiger partial charge on any atom is 0.125 e. The Morgan fingerprint density at radius 2 is 1.83 bits per heavy atom. The van der Waals surface area contributed by atoms with Gasteiger partial charge in [0.25, 0.3) is 0 Å². The second-order valence-electron chi connectivity index (χ2n) is 5.33. The van der Waals surface area contributed by atoms with Crippen LogP contribution in [0.4, 0.5) is 0 Å². The molecule has 0 bridgehead atoms. The molecule has 1 aromatic rings. The molecule has 0 saturated carbocycles. The van der Waals surface area contributed by atoms with Gasteiger partial charge in [0.2, 0.25) is 0 Å². The van der Waals surface area contributed by atoms with E-state index < -0.39 is 0 Å². The van der Waals surface area contributed by atoms with Crippen molar-refractivity contribution in [3.8, 4) is 11.8 Å². The SMILES string of the molecule is COc1c(C)c(C)cc(C)c1CC(C#N)C(C)C. The van der Waals surface area contributed by atoms with Gasteiger partial charge in [0.1, 0.15) is 5.75 Å². The largest absolute Gasteiger partial charge is 0.496 e. The average Bonchev–Trinajstić information content (AvgIpc) is 2.31. The van der Waals surface area contributed by atoms with Crippen molar-refractivity contribution in [1.82, 2.24) is 0 Å². The molecule has 1 unspecified atom stereocenters. The summed E-state index contributed by atoms with van der Waals surface area (Å²) in [7, 11) is 1.71. The summed E-state index contributed by atoms with van der Waals surface area (Å²) in [6.07, 6.45) is 0.768. The molecule has 2 heteroatoms. The number of rotatable bonds is 4. The molecule has 0 radical (unpaired) electrons. The van der Waals surface area contributed by atoms with Crippen LogP contribution < -0.4 is 4.74 Å². The highest BCUT2D eigenvalue weighted by Crippen LogP contribution is 2.32. The van der Waals surface area contributed by atoms with Gasteiger partial charge in [-0.2, -0.15) is 5.26 Å². The van der Waals surface area contributed by atoms with Crippen LogP contribution in [0.5, 0.6) is 5.75 Å². The monoisotopic (exact) mass is 245 g/mol. The van der Waals surface area contributed by atoms with E-state index in [1.54, 1.807) is 7.11 Å². The third-order valence-corrected chi connectivity index (χ3v) is 3.71. The van der Waals surface area contributed by atoms with Gasteiger partial charge in [-0.15, -0.1) is 0 Å². The molecule has 0 saturated heterocycles. The molecule has 0 aliphatic carbocycles. The second kappa shape index (κ2) is 5.91. The van der Waals surface area contributed by atoms with Crippen molar-refractivity contribution in [1.29, 1.82) is 5.26 Å². The summed E-state index contributed by atoms with van der Waals surface area (Å²) in [5.41, 5.74) is 4.82. The van der Waals surface area contributed by atoms with Gasteiger partial charge in [-0.05, 0) is 55.4 Å². The molecule has 0 aliphatic heterocycles. The van der Waals surface area contributed by atoms with E-state index in [0.29, 0.717) is 5.92 Å². The van der Waals surface area contributed by atoms with Crippen LogP contribution in [-0.4, -0.2) is 7.11 Å². The van der Waals surface area contributed by atoms with Gasteiger partial charge >= 0.3 is 0 Å². The third kappa shape index (κ3) is 2.85. The van der Waals surface area contributed by atoms with Crippen LogP contribution in [0.3, 0.4) is 0 Å². The molecule has 1 aromatic carbocycles. The zero-order valence-corrected chi connectivity index (χ0v) is 12.3. The van der Waals surface area contributed by atoms with E-state index >= 15 is 0 Å². The number of hydrogen-bond acceptors (Lipinski definition) is 2. The maximum absolute atomic E-state index is 9.25. The molecule has 0 aromatic heterocycles. The van der Waals surface area contributed by atoms with E-state index in [4.69, 9.17) is 4.74 Å². The van der Waals surface area contributed by atoms with Crippen LogP contribution in [0, 0.1) is 43.9 Å². The Morgan fingerprint density at radius 1 is 1.22 bits per heavy atom. The standard InChI is InChI=1S/C16H23NO/c1-10(2)14(9-17)8-15-12(4)7-11(3)13(5)16(15)18-6/h7,10,14H,8H2,1-6H3. The summed E-state index contributed by atoms with van der Waals surface area (Å²) in [6.45, 7) is 10.5. The minimum absolute atomic E-state index is 0.0414. The number of benzene rings is 1. The van der Waals surface area contributed by atoms with Crippen molar-refractivity contribution in [3.05, 3.63) is 28.3 Å². The highest BCUT2D eigenvalue weighted by atomic mass is 16.5. The van der Waals surface area contributed by atoms with Crippen molar-refractivity contribution in [2.75, 3.05) is 7.11 Å². The van der Waals surface area contributed by atoms with Crippen molar-refractivity contribution in [2.45, 2.75) is 41.0 Å². The Morgan fingerprint density at radius 3 is 2.28 bits per heavy atom. The highest BCUT2D eigenvalue weighted by Gasteiger charge is 2.19. The molecule has 0 aliphatic rings. The molecule has 1 rings (SSSR count). The maximum atomic E-state index is 9.25. The van der Waals surface area contributed by atoms with Gasteiger partial charge in [0, 0.05) is 0 Å². The molecule has 98 valence electrons. The van der Waals surface area contributed by atoms with Gasteiger partial charge in [0.05, 0.1) is 19.1 Å². The van der Waals surface area contributed by atoms with Crippen molar-refractivity contribution < 1.29 is 4.74 Å². The van der Waals surface area contributed by atoms with Crippen LogP contribution in [0.25, 0.3) is 0 Å². The van der Waals surface area contributed by atoms with Crippen LogP contribution in [0.1, 0.15) is 36.1 Å². The quantitative estimate of drug-likeness (QED) is 0.804. The van der Waals surface area contributed by atoms with Gasteiger partial charge in [0.15, 0.2) is 0 Å². The normalized spacial score (nSPS) is 12.3. The summed E-state index contributed by atoms with van der Waals surface area (Å²) >= 11 is 0. The number of nitrogens with zero attached hydrogens (tertiary/aromatic N) is 1. The molecular formula is C16H23NO. The van der Waals surface area contributed by atoms with E-state index in [1.165, 1.54) is 22.3 Å². The minimum atomic E-state index is 0.0414. The van der Waals surface area contributed by atoms with E-state index in [2.05, 4.69) is 46.8 Å². The molecule has 0 spiro atoms. The third-order valence-electron chi connectivity index (χ3n) is 3.71. The number of aryl methyl sites for hydroxylation is 2. The van der Waals surface area contributed by atoms with Crippen LogP contribution in [-0.2, 0) is 6.42 Å². The average molecular weight is 245 g/mol. The molecule has 0 N–H and O–H groups in total. The lowest BCUT2D eigenvalue weighted by Crippen LogP contribution is -2.12. The van der Waals surface area contributed by atoms with Crippen molar-refractivity contribution >= 4 is 0 Å². The first kappa shape index (κ1) is 14.6. The first-order valence-electron chi connectivity index (χ1n) is 6.45. The fraction of sp³-hybridized carbons (Fsp3) is 0.562. The summed E-state index contributed by atoms with van der Waals surface area (Å²) in [5, 5.41) is 9.25. The smallest absolute Gasteiger partial charge is 0.125 e. The van der Waals surface area contributed by atoms with Gasteiger partial charge in [-0.3, -0.25) is 0 Å². The highest BCUT2D eigenvalue weighted by molar-refractivity contribution is 5.50. The molecule has 0 fully saturated rings. The minimum Gasteiger partial charge on any atom is -0.496 e. The molecule has 18 heavy (non-hydrogen) atoms. The van der Waals surface area contributed by atoms with Gasteiger partial charge < -0.3 is 4.74 Å². The number of methoxy groups -OCH3 is 1. The molecular weight excluding hydrogens is 222 g/mol. The van der Waals surface area contributed by atoms with E-state index in [1.807, 2.05) is 0 Å².